The molecular formula is C23H17BrFN3O3. The Morgan fingerprint density at radius 3 is 2.32 bits per heavy atom. The van der Waals surface area contributed by atoms with Crippen molar-refractivity contribution in [3.8, 4) is 0 Å². The van der Waals surface area contributed by atoms with E-state index < -0.39 is 23.0 Å². The predicted molar refractivity (Wildman–Crippen MR) is 121 cm³/mol. The van der Waals surface area contributed by atoms with Crippen LogP contribution in [0, 0.1) is 5.82 Å². The van der Waals surface area contributed by atoms with Crippen molar-refractivity contribution < 1.29 is 9.18 Å². The van der Waals surface area contributed by atoms with Gasteiger partial charge in [0.05, 0.1) is 23.1 Å². The molecular weight excluding hydrogens is 465 g/mol. The highest BCUT2D eigenvalue weighted by Crippen LogP contribution is 2.21. The second kappa shape index (κ2) is 8.69. The number of benzene rings is 3. The summed E-state index contributed by atoms with van der Waals surface area (Å²) in [5, 5.41) is 3.08. The normalized spacial score (nSPS) is 10.9. The van der Waals surface area contributed by atoms with Crippen LogP contribution in [0.3, 0.4) is 0 Å². The molecule has 6 nitrogen and oxygen atoms in total. The molecule has 8 heteroatoms. The topological polar surface area (TPSA) is 73.1 Å². The molecule has 4 aromatic rings. The number of nitrogens with one attached hydrogen (secondary N) is 1. The van der Waals surface area contributed by atoms with E-state index in [1.165, 1.54) is 28.8 Å². The third kappa shape index (κ3) is 4.34. The van der Waals surface area contributed by atoms with Gasteiger partial charge in [0.25, 0.3) is 5.56 Å². The summed E-state index contributed by atoms with van der Waals surface area (Å²) in [4.78, 5) is 38.9. The number of para-hydroxylation sites is 2. The molecule has 0 unspecified atom stereocenters. The molecule has 0 atom stereocenters. The molecule has 0 saturated carbocycles. The lowest BCUT2D eigenvalue weighted by atomic mass is 10.2. The Morgan fingerprint density at radius 2 is 1.58 bits per heavy atom. The molecule has 0 aliphatic rings. The highest BCUT2D eigenvalue weighted by Gasteiger charge is 2.16. The van der Waals surface area contributed by atoms with Crippen molar-refractivity contribution >= 4 is 38.4 Å². The highest BCUT2D eigenvalue weighted by molar-refractivity contribution is 9.10. The van der Waals surface area contributed by atoms with Crippen molar-refractivity contribution in [2.75, 3.05) is 5.32 Å². The smallest absolute Gasteiger partial charge is 0.324 e. The van der Waals surface area contributed by atoms with Crippen LogP contribution < -0.4 is 16.6 Å². The number of halogens is 2. The van der Waals surface area contributed by atoms with Gasteiger partial charge < -0.3 is 5.32 Å². The Morgan fingerprint density at radius 1 is 0.903 bits per heavy atom. The van der Waals surface area contributed by atoms with Crippen molar-refractivity contribution in [3.63, 3.8) is 0 Å². The Bertz CT molecular complexity index is 1390. The molecule has 1 amide bonds. The fraction of sp³-hybridized carbons (Fsp3) is 0.0870. The van der Waals surface area contributed by atoms with Crippen molar-refractivity contribution in [2.24, 2.45) is 0 Å². The summed E-state index contributed by atoms with van der Waals surface area (Å²) in [7, 11) is 0. The van der Waals surface area contributed by atoms with Gasteiger partial charge in [-0.05, 0) is 57.9 Å². The van der Waals surface area contributed by atoms with E-state index in [-0.39, 0.29) is 13.1 Å². The van der Waals surface area contributed by atoms with Crippen LogP contribution in [0.2, 0.25) is 0 Å². The van der Waals surface area contributed by atoms with Crippen LogP contribution in [-0.4, -0.2) is 15.0 Å². The lowest BCUT2D eigenvalue weighted by Crippen LogP contribution is -2.42. The number of nitrogens with zero attached hydrogens (tertiary/aromatic N) is 2. The number of hydrogen-bond donors (Lipinski definition) is 1. The van der Waals surface area contributed by atoms with Gasteiger partial charge in [0.2, 0.25) is 5.91 Å². The zero-order chi connectivity index (χ0) is 22.0. The maximum absolute atomic E-state index is 13.2. The minimum Gasteiger partial charge on any atom is -0.324 e. The predicted octanol–water partition coefficient (Wildman–Crippen LogP) is 3.75. The molecule has 1 aromatic heterocycles. The standard InChI is InChI=1S/C23H17BrFN3O3/c24-18-6-2-3-7-19(18)26-21(29)14-27-20-8-4-1-5-17(20)22(30)28(23(27)31)13-15-9-11-16(25)12-10-15/h1-12H,13-14H2,(H,26,29). The number of aromatic nitrogens is 2. The first-order valence-corrected chi connectivity index (χ1v) is 10.2. The molecule has 0 aliphatic heterocycles. The lowest BCUT2D eigenvalue weighted by Gasteiger charge is -2.14. The molecule has 3 aromatic carbocycles. The third-order valence-corrected chi connectivity index (χ3v) is 5.53. The molecule has 0 fully saturated rings. The number of carbonyl (C=O) groups excluding carboxylic acids is 1. The van der Waals surface area contributed by atoms with Gasteiger partial charge in [0.1, 0.15) is 12.4 Å². The summed E-state index contributed by atoms with van der Waals surface area (Å²) >= 11 is 3.37. The SMILES string of the molecule is O=C(Cn1c(=O)n(Cc2ccc(F)cc2)c(=O)c2ccccc21)Nc1ccccc1Br. The van der Waals surface area contributed by atoms with Crippen LogP contribution in [0.15, 0.2) is 86.9 Å². The minimum atomic E-state index is -0.615. The van der Waals surface area contributed by atoms with Gasteiger partial charge >= 0.3 is 5.69 Å². The Balaban J connectivity index is 1.76. The summed E-state index contributed by atoms with van der Waals surface area (Å²) in [5.41, 5.74) is 0.461. The van der Waals surface area contributed by atoms with Gasteiger partial charge in [-0.15, -0.1) is 0 Å². The van der Waals surface area contributed by atoms with Crippen LogP contribution >= 0.6 is 15.9 Å². The van der Waals surface area contributed by atoms with Crippen LogP contribution in [0.4, 0.5) is 10.1 Å². The van der Waals surface area contributed by atoms with Gasteiger partial charge in [0.15, 0.2) is 0 Å². The quantitative estimate of drug-likeness (QED) is 0.471. The zero-order valence-electron chi connectivity index (χ0n) is 16.2. The van der Waals surface area contributed by atoms with E-state index in [9.17, 15) is 18.8 Å². The number of hydrogen-bond acceptors (Lipinski definition) is 3. The van der Waals surface area contributed by atoms with Crippen molar-refractivity contribution in [1.29, 1.82) is 0 Å². The number of fused-ring (bicyclic) bond motifs is 1. The summed E-state index contributed by atoms with van der Waals surface area (Å²) < 4.78 is 16.3. The Hall–Kier alpha value is -3.52. The molecule has 0 saturated heterocycles. The van der Waals surface area contributed by atoms with E-state index in [0.717, 1.165) is 4.57 Å². The fourth-order valence-electron chi connectivity index (χ4n) is 3.33. The average Bonchev–Trinajstić information content (AvgIpc) is 2.77. The van der Waals surface area contributed by atoms with Gasteiger partial charge in [-0.3, -0.25) is 18.7 Å². The molecule has 4 rings (SSSR count). The second-order valence-electron chi connectivity index (χ2n) is 6.93. The van der Waals surface area contributed by atoms with E-state index in [2.05, 4.69) is 21.2 Å². The number of carbonyl (C=O) groups is 1. The van der Waals surface area contributed by atoms with Crippen molar-refractivity contribution in [3.05, 3.63) is 109 Å². The lowest BCUT2D eigenvalue weighted by molar-refractivity contribution is -0.116. The Kier molecular flexibility index (Phi) is 5.81. The van der Waals surface area contributed by atoms with E-state index in [4.69, 9.17) is 0 Å². The second-order valence-corrected chi connectivity index (χ2v) is 7.79. The maximum atomic E-state index is 13.2. The van der Waals surface area contributed by atoms with E-state index in [1.54, 1.807) is 42.5 Å². The number of amides is 1. The molecule has 0 aliphatic carbocycles. The van der Waals surface area contributed by atoms with Crippen molar-refractivity contribution in [2.45, 2.75) is 13.1 Å². The van der Waals surface area contributed by atoms with Crippen LogP contribution in [0.1, 0.15) is 5.56 Å². The molecule has 0 radical (unpaired) electrons. The van der Waals surface area contributed by atoms with Gasteiger partial charge in [-0.2, -0.15) is 0 Å². The first-order valence-electron chi connectivity index (χ1n) is 9.45. The minimum absolute atomic E-state index is 0.0331. The highest BCUT2D eigenvalue weighted by atomic mass is 79.9. The molecule has 31 heavy (non-hydrogen) atoms. The van der Waals surface area contributed by atoms with Gasteiger partial charge in [-0.25, -0.2) is 9.18 Å². The number of anilines is 1. The van der Waals surface area contributed by atoms with Crippen molar-refractivity contribution in [1.82, 2.24) is 9.13 Å². The Labute approximate surface area is 184 Å². The van der Waals surface area contributed by atoms with E-state index >= 15 is 0 Å². The average molecular weight is 482 g/mol. The fourth-order valence-corrected chi connectivity index (χ4v) is 3.72. The third-order valence-electron chi connectivity index (χ3n) is 4.84. The van der Waals surface area contributed by atoms with E-state index in [1.807, 2.05) is 6.07 Å². The van der Waals surface area contributed by atoms with Crippen LogP contribution in [0.25, 0.3) is 10.9 Å². The largest absolute Gasteiger partial charge is 0.332 e. The molecule has 0 bridgehead atoms. The maximum Gasteiger partial charge on any atom is 0.332 e. The summed E-state index contributed by atoms with van der Waals surface area (Å²) in [6.07, 6.45) is 0. The van der Waals surface area contributed by atoms with Crippen LogP contribution in [-0.2, 0) is 17.9 Å². The van der Waals surface area contributed by atoms with Gasteiger partial charge in [-0.1, -0.05) is 36.4 Å². The molecule has 156 valence electrons. The number of rotatable bonds is 5. The molecule has 1 heterocycles. The first-order chi connectivity index (χ1) is 14.9. The first kappa shape index (κ1) is 20.7. The van der Waals surface area contributed by atoms with E-state index in [0.29, 0.717) is 26.6 Å². The monoisotopic (exact) mass is 481 g/mol. The van der Waals surface area contributed by atoms with Gasteiger partial charge in [0, 0.05) is 4.47 Å². The summed E-state index contributed by atoms with van der Waals surface area (Å²) in [5.74, 6) is -0.818. The van der Waals surface area contributed by atoms with Crippen LogP contribution in [0.5, 0.6) is 0 Å². The molecule has 1 N–H and O–H groups in total. The molecule has 0 spiro atoms. The zero-order valence-corrected chi connectivity index (χ0v) is 17.8. The summed E-state index contributed by atoms with van der Waals surface area (Å²) in [6, 6.07) is 19.3. The summed E-state index contributed by atoms with van der Waals surface area (Å²) in [6.45, 7) is -0.307.